The van der Waals surface area contributed by atoms with Gasteiger partial charge < -0.3 is 10.2 Å². The molecule has 1 N–H and O–H groups in total. The van der Waals surface area contributed by atoms with Gasteiger partial charge in [0.15, 0.2) is 0 Å². The summed E-state index contributed by atoms with van der Waals surface area (Å²) in [5.74, 6) is 0.172. The summed E-state index contributed by atoms with van der Waals surface area (Å²) in [5, 5.41) is 4.36. The van der Waals surface area contributed by atoms with Crippen molar-refractivity contribution in [2.45, 2.75) is 26.3 Å². The maximum Gasteiger partial charge on any atom is 0.265 e. The number of nitrogens with zero attached hydrogens (tertiary/aromatic N) is 3. The van der Waals surface area contributed by atoms with Gasteiger partial charge in [-0.05, 0) is 20.3 Å². The molecule has 1 atom stereocenters. The summed E-state index contributed by atoms with van der Waals surface area (Å²) in [4.78, 5) is 22.3. The molecule has 5 nitrogen and oxygen atoms in total. The number of aryl methyl sites for hydroxylation is 2. The van der Waals surface area contributed by atoms with Crippen molar-refractivity contribution in [2.75, 3.05) is 39.3 Å². The van der Waals surface area contributed by atoms with Gasteiger partial charge in [-0.2, -0.15) is 0 Å². The molecule has 0 saturated carbocycles. The summed E-state index contributed by atoms with van der Waals surface area (Å²) < 4.78 is 0. The van der Waals surface area contributed by atoms with Gasteiger partial charge in [-0.15, -0.1) is 36.2 Å². The summed E-state index contributed by atoms with van der Waals surface area (Å²) in [6.07, 6.45) is 1.10. The fraction of sp³-hybridized carbons (Fsp3) is 0.714. The van der Waals surface area contributed by atoms with Gasteiger partial charge in [0.1, 0.15) is 4.88 Å². The molecule has 0 aliphatic carbocycles. The summed E-state index contributed by atoms with van der Waals surface area (Å²) in [6, 6.07) is 0.537. The number of carbonyl (C=O) groups is 1. The molecule has 126 valence electrons. The van der Waals surface area contributed by atoms with Gasteiger partial charge in [-0.3, -0.25) is 9.69 Å². The lowest BCUT2D eigenvalue weighted by Gasteiger charge is -2.32. The van der Waals surface area contributed by atoms with E-state index in [9.17, 15) is 4.79 Å². The van der Waals surface area contributed by atoms with Crippen LogP contribution in [0.15, 0.2) is 0 Å². The van der Waals surface area contributed by atoms with Crippen molar-refractivity contribution in [2.24, 2.45) is 0 Å². The van der Waals surface area contributed by atoms with Crippen molar-refractivity contribution in [1.82, 2.24) is 20.1 Å². The lowest BCUT2D eigenvalue weighted by molar-refractivity contribution is 0.0777. The van der Waals surface area contributed by atoms with Crippen LogP contribution in [0.5, 0.6) is 0 Å². The van der Waals surface area contributed by atoms with Crippen LogP contribution in [0.1, 0.15) is 26.8 Å². The van der Waals surface area contributed by atoms with E-state index in [0.717, 1.165) is 61.3 Å². The Hall–Kier alpha value is -0.400. The lowest BCUT2D eigenvalue weighted by atomic mass is 10.2. The molecule has 0 bridgehead atoms. The Morgan fingerprint density at radius 2 is 1.91 bits per heavy atom. The van der Waals surface area contributed by atoms with E-state index in [1.807, 2.05) is 18.7 Å². The number of halogens is 2. The van der Waals surface area contributed by atoms with Gasteiger partial charge in [-0.25, -0.2) is 4.98 Å². The second-order valence-corrected chi connectivity index (χ2v) is 6.83. The lowest BCUT2D eigenvalue weighted by Crippen LogP contribution is -2.49. The van der Waals surface area contributed by atoms with Crippen molar-refractivity contribution in [3.63, 3.8) is 0 Å². The van der Waals surface area contributed by atoms with E-state index in [-0.39, 0.29) is 30.7 Å². The van der Waals surface area contributed by atoms with Gasteiger partial charge in [0.05, 0.1) is 10.7 Å². The molecule has 3 rings (SSSR count). The van der Waals surface area contributed by atoms with Gasteiger partial charge in [0.25, 0.3) is 5.91 Å². The maximum atomic E-state index is 12.6. The van der Waals surface area contributed by atoms with Crippen LogP contribution in [0.25, 0.3) is 0 Å². The molecule has 1 aromatic heterocycles. The summed E-state index contributed by atoms with van der Waals surface area (Å²) in [7, 11) is 0. The van der Waals surface area contributed by atoms with Crippen LogP contribution in [0.4, 0.5) is 0 Å². The molecule has 0 aromatic carbocycles. The minimum atomic E-state index is 0. The number of amides is 1. The molecule has 3 heterocycles. The number of aromatic nitrogens is 1. The zero-order chi connectivity index (χ0) is 14.1. The first-order valence-electron chi connectivity index (χ1n) is 7.33. The highest BCUT2D eigenvalue weighted by Gasteiger charge is 2.32. The van der Waals surface area contributed by atoms with Crippen LogP contribution in [0, 0.1) is 13.8 Å². The maximum absolute atomic E-state index is 12.6. The first kappa shape index (κ1) is 19.6. The topological polar surface area (TPSA) is 48.5 Å². The number of carbonyl (C=O) groups excluding carboxylic acids is 1. The summed E-state index contributed by atoms with van der Waals surface area (Å²) in [5.41, 5.74) is 0.878. The molecule has 2 saturated heterocycles. The average Bonchev–Trinajstić information content (AvgIpc) is 3.06. The summed E-state index contributed by atoms with van der Waals surface area (Å²) in [6.45, 7) is 9.98. The predicted molar refractivity (Wildman–Crippen MR) is 94.8 cm³/mol. The van der Waals surface area contributed by atoms with Gasteiger partial charge in [-0.1, -0.05) is 0 Å². The molecule has 0 spiro atoms. The minimum absolute atomic E-state index is 0. The van der Waals surface area contributed by atoms with Crippen LogP contribution in [-0.2, 0) is 0 Å². The van der Waals surface area contributed by atoms with Crippen LogP contribution in [0.3, 0.4) is 0 Å². The van der Waals surface area contributed by atoms with Crippen LogP contribution >= 0.6 is 36.2 Å². The zero-order valence-corrected chi connectivity index (χ0v) is 15.5. The third-order valence-electron chi connectivity index (χ3n) is 4.22. The van der Waals surface area contributed by atoms with Crippen LogP contribution < -0.4 is 5.32 Å². The third-order valence-corrected chi connectivity index (χ3v) is 5.28. The highest BCUT2D eigenvalue weighted by atomic mass is 35.5. The number of thiazole rings is 1. The van der Waals surface area contributed by atoms with E-state index in [4.69, 9.17) is 0 Å². The quantitative estimate of drug-likeness (QED) is 0.865. The second kappa shape index (κ2) is 8.45. The van der Waals surface area contributed by atoms with Crippen LogP contribution in [0.2, 0.25) is 0 Å². The molecule has 2 fully saturated rings. The number of rotatable bonds is 2. The molecule has 1 amide bonds. The van der Waals surface area contributed by atoms with E-state index >= 15 is 0 Å². The Balaban J connectivity index is 0.00000121. The second-order valence-electron chi connectivity index (χ2n) is 5.63. The van der Waals surface area contributed by atoms with Gasteiger partial charge >= 0.3 is 0 Å². The molecule has 1 aromatic rings. The molecule has 1 unspecified atom stereocenters. The zero-order valence-electron chi connectivity index (χ0n) is 13.0. The normalized spacial score (nSPS) is 22.1. The Labute approximate surface area is 148 Å². The highest BCUT2D eigenvalue weighted by molar-refractivity contribution is 7.13. The Morgan fingerprint density at radius 1 is 1.23 bits per heavy atom. The largest absolute Gasteiger partial charge is 0.336 e. The summed E-state index contributed by atoms with van der Waals surface area (Å²) >= 11 is 1.52. The van der Waals surface area contributed by atoms with E-state index in [1.54, 1.807) is 0 Å². The molecule has 0 radical (unpaired) electrons. The highest BCUT2D eigenvalue weighted by Crippen LogP contribution is 2.23. The number of hydrogen-bond acceptors (Lipinski definition) is 5. The number of likely N-dealkylation sites (tertiary alicyclic amines) is 1. The molecular formula is C14H24Cl2N4OS. The van der Waals surface area contributed by atoms with E-state index in [1.165, 1.54) is 11.3 Å². The monoisotopic (exact) mass is 366 g/mol. The Bertz CT molecular complexity index is 505. The molecular weight excluding hydrogens is 343 g/mol. The standard InChI is InChI=1S/C14H22N4OS.2ClH/c1-10-13(20-11(2)16-10)14(19)18-6-3-12(9-18)17-7-4-15-5-8-17;;/h12,15H,3-9H2,1-2H3;2*1H. The van der Waals surface area contributed by atoms with E-state index in [0.29, 0.717) is 6.04 Å². The van der Waals surface area contributed by atoms with Gasteiger partial charge in [0, 0.05) is 45.3 Å². The van der Waals surface area contributed by atoms with E-state index in [2.05, 4.69) is 15.2 Å². The molecule has 8 heteroatoms. The Kier molecular flexibility index (Phi) is 7.55. The fourth-order valence-corrected chi connectivity index (χ4v) is 4.03. The first-order valence-corrected chi connectivity index (χ1v) is 8.15. The number of nitrogens with one attached hydrogen (secondary N) is 1. The minimum Gasteiger partial charge on any atom is -0.336 e. The predicted octanol–water partition coefficient (Wildman–Crippen LogP) is 1.72. The van der Waals surface area contributed by atoms with Crippen LogP contribution in [-0.4, -0.2) is 66.0 Å². The SMILES string of the molecule is Cc1nc(C)c(C(=O)N2CCC(N3CCNCC3)C2)s1.Cl.Cl. The van der Waals surface area contributed by atoms with Crippen molar-refractivity contribution in [1.29, 1.82) is 0 Å². The molecule has 2 aliphatic rings. The van der Waals surface area contributed by atoms with Crippen molar-refractivity contribution >= 4 is 42.1 Å². The van der Waals surface area contributed by atoms with Crippen molar-refractivity contribution in [3.05, 3.63) is 15.6 Å². The first-order chi connectivity index (χ1) is 9.65. The van der Waals surface area contributed by atoms with Crippen molar-refractivity contribution in [3.8, 4) is 0 Å². The molecule has 22 heavy (non-hydrogen) atoms. The number of piperazine rings is 1. The Morgan fingerprint density at radius 3 is 2.50 bits per heavy atom. The fourth-order valence-electron chi connectivity index (χ4n) is 3.14. The van der Waals surface area contributed by atoms with Gasteiger partial charge in [0.2, 0.25) is 0 Å². The molecule has 2 aliphatic heterocycles. The average molecular weight is 367 g/mol. The van der Waals surface area contributed by atoms with E-state index < -0.39 is 0 Å². The smallest absolute Gasteiger partial charge is 0.265 e. The van der Waals surface area contributed by atoms with Crippen molar-refractivity contribution < 1.29 is 4.79 Å². The third kappa shape index (κ3) is 4.11. The number of hydrogen-bond donors (Lipinski definition) is 1.